The van der Waals surface area contributed by atoms with Crippen LogP contribution in [0.15, 0.2) is 24.3 Å². The smallest absolute Gasteiger partial charge is 0.161 e. The topological polar surface area (TPSA) is 44.5 Å². The summed E-state index contributed by atoms with van der Waals surface area (Å²) in [7, 11) is 1.64. The molecule has 0 spiro atoms. The monoisotopic (exact) mass is 209 g/mol. The Kier molecular flexibility index (Phi) is 4.98. The number of para-hydroxylation sites is 2. The van der Waals surface area contributed by atoms with E-state index in [-0.39, 0.29) is 6.04 Å². The molecule has 0 bridgehead atoms. The molecule has 0 aliphatic heterocycles. The molecule has 1 aromatic carbocycles. The molecule has 0 aromatic heterocycles. The van der Waals surface area contributed by atoms with Crippen molar-refractivity contribution in [2.75, 3.05) is 13.7 Å². The molecule has 0 saturated carbocycles. The molecular formula is C12H19NO2. The van der Waals surface area contributed by atoms with Gasteiger partial charge in [0.05, 0.1) is 13.7 Å². The van der Waals surface area contributed by atoms with E-state index in [1.807, 2.05) is 24.3 Å². The Morgan fingerprint density at radius 1 is 1.27 bits per heavy atom. The maximum atomic E-state index is 5.80. The van der Waals surface area contributed by atoms with Crippen molar-refractivity contribution < 1.29 is 9.47 Å². The first kappa shape index (κ1) is 11.9. The van der Waals surface area contributed by atoms with Gasteiger partial charge < -0.3 is 15.2 Å². The predicted molar refractivity (Wildman–Crippen MR) is 61.4 cm³/mol. The van der Waals surface area contributed by atoms with Crippen molar-refractivity contribution in [2.24, 2.45) is 5.73 Å². The number of methoxy groups -OCH3 is 1. The second-order valence-electron chi connectivity index (χ2n) is 3.46. The third-order valence-corrected chi connectivity index (χ3v) is 2.34. The van der Waals surface area contributed by atoms with Crippen LogP contribution in [0.25, 0.3) is 0 Å². The van der Waals surface area contributed by atoms with Gasteiger partial charge in [0.25, 0.3) is 0 Å². The van der Waals surface area contributed by atoms with E-state index in [9.17, 15) is 0 Å². The minimum Gasteiger partial charge on any atom is -0.493 e. The van der Waals surface area contributed by atoms with Gasteiger partial charge in [-0.1, -0.05) is 19.1 Å². The maximum absolute atomic E-state index is 5.80. The van der Waals surface area contributed by atoms with Crippen molar-refractivity contribution in [1.82, 2.24) is 0 Å². The lowest BCUT2D eigenvalue weighted by Crippen LogP contribution is -2.21. The highest BCUT2D eigenvalue weighted by Crippen LogP contribution is 2.25. The van der Waals surface area contributed by atoms with E-state index in [1.165, 1.54) is 0 Å². The molecule has 84 valence electrons. The fourth-order valence-corrected chi connectivity index (χ4v) is 1.26. The van der Waals surface area contributed by atoms with E-state index in [2.05, 4.69) is 6.92 Å². The molecule has 1 aromatic rings. The van der Waals surface area contributed by atoms with Crippen LogP contribution in [-0.2, 0) is 0 Å². The van der Waals surface area contributed by atoms with Gasteiger partial charge in [-0.2, -0.15) is 0 Å². The number of benzene rings is 1. The summed E-state index contributed by atoms with van der Waals surface area (Å²) in [6.07, 6.45) is 1.85. The molecule has 0 heterocycles. The van der Waals surface area contributed by atoms with Crippen molar-refractivity contribution in [1.29, 1.82) is 0 Å². The van der Waals surface area contributed by atoms with E-state index < -0.39 is 0 Å². The van der Waals surface area contributed by atoms with E-state index in [1.54, 1.807) is 7.11 Å². The van der Waals surface area contributed by atoms with Crippen LogP contribution in [0.2, 0.25) is 0 Å². The molecule has 1 unspecified atom stereocenters. The summed E-state index contributed by atoms with van der Waals surface area (Å²) < 4.78 is 10.8. The third kappa shape index (κ3) is 3.80. The van der Waals surface area contributed by atoms with Crippen LogP contribution in [0, 0.1) is 0 Å². The summed E-state index contributed by atoms with van der Waals surface area (Å²) in [5, 5.41) is 0. The highest BCUT2D eigenvalue weighted by Gasteiger charge is 2.03. The number of ether oxygens (including phenoxy) is 2. The summed E-state index contributed by atoms with van der Waals surface area (Å²) in [4.78, 5) is 0. The van der Waals surface area contributed by atoms with Gasteiger partial charge in [0.1, 0.15) is 0 Å². The minimum atomic E-state index is 0.222. The molecule has 0 aliphatic rings. The number of rotatable bonds is 6. The Balaban J connectivity index is 2.43. The molecule has 0 fully saturated rings. The first-order valence-corrected chi connectivity index (χ1v) is 5.29. The normalized spacial score (nSPS) is 12.2. The summed E-state index contributed by atoms with van der Waals surface area (Å²) >= 11 is 0. The fourth-order valence-electron chi connectivity index (χ4n) is 1.26. The average molecular weight is 209 g/mol. The van der Waals surface area contributed by atoms with E-state index in [0.29, 0.717) is 6.61 Å². The first-order valence-electron chi connectivity index (χ1n) is 5.29. The molecule has 3 nitrogen and oxygen atoms in total. The van der Waals surface area contributed by atoms with Gasteiger partial charge in [0.2, 0.25) is 0 Å². The lowest BCUT2D eigenvalue weighted by molar-refractivity contribution is 0.278. The second-order valence-corrected chi connectivity index (χ2v) is 3.46. The molecule has 2 N–H and O–H groups in total. The van der Waals surface area contributed by atoms with Gasteiger partial charge in [-0.25, -0.2) is 0 Å². The first-order chi connectivity index (χ1) is 7.27. The molecule has 3 heteroatoms. The SMILES string of the molecule is CCC(N)CCOc1ccccc1OC. The van der Waals surface area contributed by atoms with Crippen molar-refractivity contribution in [3.63, 3.8) is 0 Å². The highest BCUT2D eigenvalue weighted by atomic mass is 16.5. The number of nitrogens with two attached hydrogens (primary N) is 1. The molecule has 0 aliphatic carbocycles. The Labute approximate surface area is 91.2 Å². The largest absolute Gasteiger partial charge is 0.493 e. The van der Waals surface area contributed by atoms with Crippen molar-refractivity contribution in [2.45, 2.75) is 25.8 Å². The van der Waals surface area contributed by atoms with Crippen LogP contribution in [0.5, 0.6) is 11.5 Å². The van der Waals surface area contributed by atoms with Crippen molar-refractivity contribution in [3.05, 3.63) is 24.3 Å². The Bertz CT molecular complexity index is 289. The van der Waals surface area contributed by atoms with Crippen LogP contribution in [-0.4, -0.2) is 19.8 Å². The summed E-state index contributed by atoms with van der Waals surface area (Å²) in [5.41, 5.74) is 5.80. The average Bonchev–Trinajstić information content (AvgIpc) is 2.29. The molecule has 0 saturated heterocycles. The standard InChI is InChI=1S/C12H19NO2/c1-3-10(13)8-9-15-12-7-5-4-6-11(12)14-2/h4-7,10H,3,8-9,13H2,1-2H3. The molecule has 1 atom stereocenters. The fraction of sp³-hybridized carbons (Fsp3) is 0.500. The van der Waals surface area contributed by atoms with E-state index >= 15 is 0 Å². The second kappa shape index (κ2) is 6.30. The molecular weight excluding hydrogens is 190 g/mol. The Morgan fingerprint density at radius 2 is 1.93 bits per heavy atom. The summed E-state index contributed by atoms with van der Waals surface area (Å²) in [6, 6.07) is 7.85. The van der Waals surface area contributed by atoms with Crippen molar-refractivity contribution in [3.8, 4) is 11.5 Å². The van der Waals surface area contributed by atoms with Gasteiger partial charge in [-0.05, 0) is 25.0 Å². The van der Waals surface area contributed by atoms with Crippen LogP contribution in [0.3, 0.4) is 0 Å². The maximum Gasteiger partial charge on any atom is 0.161 e. The zero-order valence-electron chi connectivity index (χ0n) is 9.40. The van der Waals surface area contributed by atoms with Gasteiger partial charge in [0, 0.05) is 6.04 Å². The van der Waals surface area contributed by atoms with Crippen LogP contribution >= 0.6 is 0 Å². The third-order valence-electron chi connectivity index (χ3n) is 2.34. The Morgan fingerprint density at radius 3 is 2.53 bits per heavy atom. The molecule has 0 radical (unpaired) electrons. The van der Waals surface area contributed by atoms with Gasteiger partial charge in [0.15, 0.2) is 11.5 Å². The van der Waals surface area contributed by atoms with Gasteiger partial charge in [-0.15, -0.1) is 0 Å². The van der Waals surface area contributed by atoms with Crippen LogP contribution in [0.1, 0.15) is 19.8 Å². The zero-order chi connectivity index (χ0) is 11.1. The van der Waals surface area contributed by atoms with E-state index in [0.717, 1.165) is 24.3 Å². The van der Waals surface area contributed by atoms with Gasteiger partial charge in [-0.3, -0.25) is 0 Å². The quantitative estimate of drug-likeness (QED) is 0.781. The predicted octanol–water partition coefficient (Wildman–Crippen LogP) is 2.20. The minimum absolute atomic E-state index is 0.222. The molecule has 0 amide bonds. The Hall–Kier alpha value is -1.22. The lowest BCUT2D eigenvalue weighted by Gasteiger charge is -2.12. The van der Waals surface area contributed by atoms with Crippen LogP contribution < -0.4 is 15.2 Å². The van der Waals surface area contributed by atoms with Crippen molar-refractivity contribution >= 4 is 0 Å². The van der Waals surface area contributed by atoms with Gasteiger partial charge >= 0.3 is 0 Å². The summed E-state index contributed by atoms with van der Waals surface area (Å²) in [6.45, 7) is 2.71. The molecule has 1 rings (SSSR count). The highest BCUT2D eigenvalue weighted by molar-refractivity contribution is 5.39. The molecule has 15 heavy (non-hydrogen) atoms. The summed E-state index contributed by atoms with van der Waals surface area (Å²) in [5.74, 6) is 1.55. The number of hydrogen-bond acceptors (Lipinski definition) is 3. The van der Waals surface area contributed by atoms with E-state index in [4.69, 9.17) is 15.2 Å². The van der Waals surface area contributed by atoms with Crippen LogP contribution in [0.4, 0.5) is 0 Å². The number of hydrogen-bond donors (Lipinski definition) is 1. The lowest BCUT2D eigenvalue weighted by atomic mass is 10.2. The zero-order valence-corrected chi connectivity index (χ0v) is 9.40.